The highest BCUT2D eigenvalue weighted by atomic mass is 19.1. The second kappa shape index (κ2) is 14.9. The molecule has 0 unspecified atom stereocenters. The van der Waals surface area contributed by atoms with Crippen LogP contribution in [0.4, 0.5) is 10.1 Å². The van der Waals surface area contributed by atoms with E-state index in [1.807, 2.05) is 18.2 Å². The van der Waals surface area contributed by atoms with Crippen LogP contribution >= 0.6 is 0 Å². The first-order valence-electron chi connectivity index (χ1n) is 16.4. The Hall–Kier alpha value is -3.01. The van der Waals surface area contributed by atoms with Gasteiger partial charge < -0.3 is 10.7 Å². The molecule has 2 aromatic carbocycles. The zero-order valence-electron chi connectivity index (χ0n) is 26.5. The van der Waals surface area contributed by atoms with Gasteiger partial charge in [0.05, 0.1) is 5.69 Å². The Labute approximate surface area is 253 Å². The molecule has 0 bridgehead atoms. The van der Waals surface area contributed by atoms with Gasteiger partial charge in [-0.1, -0.05) is 90.8 Å². The lowest BCUT2D eigenvalue weighted by Crippen LogP contribution is -2.23. The fourth-order valence-corrected chi connectivity index (χ4v) is 6.19. The van der Waals surface area contributed by atoms with Gasteiger partial charge in [-0.05, 0) is 79.2 Å². The number of hydrogen-bond donors (Lipinski definition) is 2. The minimum Gasteiger partial charge on any atom is -0.382 e. The first-order valence-corrected chi connectivity index (χ1v) is 16.4. The number of hydrogen-bond acceptors (Lipinski definition) is 3. The van der Waals surface area contributed by atoms with Crippen molar-refractivity contribution in [1.29, 1.82) is 5.41 Å². The third-order valence-corrected chi connectivity index (χ3v) is 9.17. The van der Waals surface area contributed by atoms with Crippen molar-refractivity contribution in [2.45, 2.75) is 123 Å². The maximum Gasteiger partial charge on any atom is 0.123 e. The van der Waals surface area contributed by atoms with Gasteiger partial charge in [0.25, 0.3) is 0 Å². The average molecular weight is 570 g/mol. The Morgan fingerprint density at radius 1 is 0.952 bits per heavy atom. The number of pyridine rings is 1. The molecule has 42 heavy (non-hydrogen) atoms. The van der Waals surface area contributed by atoms with Gasteiger partial charge >= 0.3 is 0 Å². The van der Waals surface area contributed by atoms with E-state index in [-0.39, 0.29) is 5.82 Å². The number of allylic oxidation sites excluding steroid dienone is 1. The molecular weight excluding hydrogens is 517 g/mol. The summed E-state index contributed by atoms with van der Waals surface area (Å²) < 4.78 is 13.9. The number of nitrogens with zero attached hydrogens (tertiary/aromatic N) is 1. The van der Waals surface area contributed by atoms with E-state index in [4.69, 9.17) is 10.4 Å². The zero-order chi connectivity index (χ0) is 30.1. The molecule has 226 valence electrons. The maximum absolute atomic E-state index is 13.9. The number of rotatable bonds is 8. The van der Waals surface area contributed by atoms with Crippen molar-refractivity contribution in [1.82, 2.24) is 4.98 Å². The zero-order valence-corrected chi connectivity index (χ0v) is 26.5. The summed E-state index contributed by atoms with van der Waals surface area (Å²) >= 11 is 0. The van der Waals surface area contributed by atoms with Crippen LogP contribution in [0.15, 0.2) is 49.1 Å². The average Bonchev–Trinajstić information content (AvgIpc) is 3.00. The first-order chi connectivity index (χ1) is 20.2. The van der Waals surface area contributed by atoms with Crippen molar-refractivity contribution in [2.75, 3.05) is 5.32 Å². The molecule has 0 aliphatic heterocycles. The summed E-state index contributed by atoms with van der Waals surface area (Å²) in [5, 5.41) is 14.3. The van der Waals surface area contributed by atoms with Crippen LogP contribution in [-0.2, 0) is 6.42 Å². The minimum atomic E-state index is -0.225. The minimum absolute atomic E-state index is 0.225. The van der Waals surface area contributed by atoms with Crippen LogP contribution in [0.2, 0.25) is 0 Å². The van der Waals surface area contributed by atoms with E-state index < -0.39 is 0 Å². The van der Waals surface area contributed by atoms with E-state index in [2.05, 4.69) is 51.7 Å². The molecule has 2 aliphatic carbocycles. The fraction of sp³-hybridized carbons (Fsp3) is 0.526. The number of aryl methyl sites for hydroxylation is 1. The van der Waals surface area contributed by atoms with Crippen molar-refractivity contribution in [3.05, 3.63) is 71.8 Å². The van der Waals surface area contributed by atoms with Crippen LogP contribution in [0.1, 0.15) is 128 Å². The van der Waals surface area contributed by atoms with Crippen LogP contribution in [0.3, 0.4) is 0 Å². The van der Waals surface area contributed by atoms with Gasteiger partial charge in [0.2, 0.25) is 0 Å². The van der Waals surface area contributed by atoms with Crippen molar-refractivity contribution >= 4 is 22.7 Å². The van der Waals surface area contributed by atoms with Gasteiger partial charge in [-0.2, -0.15) is 0 Å². The second-order valence-electron chi connectivity index (χ2n) is 13.5. The summed E-state index contributed by atoms with van der Waals surface area (Å²) in [6.07, 6.45) is 18.7. The summed E-state index contributed by atoms with van der Waals surface area (Å²) in [6.45, 7) is 12.9. The predicted molar refractivity (Wildman–Crippen MR) is 180 cm³/mol. The molecule has 0 spiro atoms. The fourth-order valence-electron chi connectivity index (χ4n) is 6.19. The van der Waals surface area contributed by atoms with Crippen LogP contribution in [0.25, 0.3) is 21.9 Å². The van der Waals surface area contributed by atoms with Crippen molar-refractivity contribution in [2.24, 2.45) is 5.41 Å². The van der Waals surface area contributed by atoms with E-state index >= 15 is 0 Å². The summed E-state index contributed by atoms with van der Waals surface area (Å²) in [6, 6.07) is 11.7. The third-order valence-electron chi connectivity index (χ3n) is 9.17. The van der Waals surface area contributed by atoms with Crippen LogP contribution in [0, 0.1) is 16.6 Å². The second-order valence-corrected chi connectivity index (χ2v) is 13.5. The van der Waals surface area contributed by atoms with Gasteiger partial charge in [-0.25, -0.2) is 4.39 Å². The maximum atomic E-state index is 13.9. The lowest BCUT2D eigenvalue weighted by atomic mass is 9.81. The van der Waals surface area contributed by atoms with Gasteiger partial charge in [0.1, 0.15) is 5.82 Å². The number of halogens is 1. The topological polar surface area (TPSA) is 48.8 Å². The number of benzene rings is 2. The van der Waals surface area contributed by atoms with E-state index in [9.17, 15) is 4.39 Å². The molecule has 4 heteroatoms. The van der Waals surface area contributed by atoms with Crippen LogP contribution < -0.4 is 5.32 Å². The highest BCUT2D eigenvalue weighted by Crippen LogP contribution is 2.43. The van der Waals surface area contributed by atoms with Gasteiger partial charge in [0, 0.05) is 46.1 Å². The lowest BCUT2D eigenvalue weighted by Gasteiger charge is -2.27. The van der Waals surface area contributed by atoms with E-state index in [1.54, 1.807) is 12.1 Å². The Morgan fingerprint density at radius 2 is 1.57 bits per heavy atom. The molecule has 2 N–H and O–H groups in total. The normalized spacial score (nSPS) is 16.5. The first kappa shape index (κ1) is 31.9. The summed E-state index contributed by atoms with van der Waals surface area (Å²) in [5.74, 6) is 0.186. The quantitative estimate of drug-likeness (QED) is 0.209. The molecule has 0 radical (unpaired) electrons. The molecular formula is C38H52FN3. The highest BCUT2D eigenvalue weighted by molar-refractivity contribution is 6.05. The highest BCUT2D eigenvalue weighted by Gasteiger charge is 2.25. The molecule has 1 heterocycles. The molecule has 5 rings (SSSR count). The molecule has 0 saturated heterocycles. The smallest absolute Gasteiger partial charge is 0.123 e. The van der Waals surface area contributed by atoms with Crippen molar-refractivity contribution < 1.29 is 4.39 Å². The van der Waals surface area contributed by atoms with Crippen molar-refractivity contribution in [3.8, 4) is 11.1 Å². The summed E-state index contributed by atoms with van der Waals surface area (Å²) in [4.78, 5) is 5.38. The number of nitrogens with one attached hydrogen (secondary N) is 2. The van der Waals surface area contributed by atoms with E-state index in [1.165, 1.54) is 64.0 Å². The molecule has 1 aromatic heterocycles. The van der Waals surface area contributed by atoms with E-state index in [0.717, 1.165) is 70.2 Å². The van der Waals surface area contributed by atoms with Crippen LogP contribution in [-0.4, -0.2) is 17.2 Å². The number of fused-ring (bicyclic) bond motifs is 1. The Kier molecular flexibility index (Phi) is 11.4. The monoisotopic (exact) mass is 569 g/mol. The molecule has 3 nitrogen and oxygen atoms in total. The molecule has 3 aromatic rings. The summed E-state index contributed by atoms with van der Waals surface area (Å²) in [7, 11) is 0. The molecule has 2 fully saturated rings. The van der Waals surface area contributed by atoms with Gasteiger partial charge in [-0.15, -0.1) is 6.58 Å². The van der Waals surface area contributed by atoms with Gasteiger partial charge in [0.15, 0.2) is 0 Å². The largest absolute Gasteiger partial charge is 0.382 e. The molecule has 2 saturated carbocycles. The number of anilines is 1. The number of aromatic nitrogens is 1. The summed E-state index contributed by atoms with van der Waals surface area (Å²) in [5.41, 5.74) is 6.87. The standard InChI is InChI=1S/C32H38FN3.C6H14/c1-2-3-14-29-27-20-30(35-26-12-8-5-9-13-26)24(21-34)19-28(27)31(22-15-17-25(33)18-16-22)32(36-29)23-10-6-4-7-11-23;1-5-6(2,3)4/h2,15-21,23,26,34-35H,1,3-14H2;5H2,1-4H3. The van der Waals surface area contributed by atoms with Crippen LogP contribution in [0.5, 0.6) is 0 Å². The Bertz CT molecular complexity index is 1320. The Morgan fingerprint density at radius 3 is 2.14 bits per heavy atom. The van der Waals surface area contributed by atoms with Crippen molar-refractivity contribution in [3.63, 3.8) is 0 Å². The molecule has 2 aliphatic rings. The SMILES string of the molecule is C=CCCc1nc(C2CCCCC2)c(-c2ccc(F)cc2)c2cc(C=N)c(NC3CCCCC3)cc12.CCC(C)(C)C. The third kappa shape index (κ3) is 8.30. The Balaban J connectivity index is 0.000000612. The predicted octanol–water partition coefficient (Wildman–Crippen LogP) is 11.4. The molecule has 0 atom stereocenters. The van der Waals surface area contributed by atoms with Gasteiger partial charge in [-0.3, -0.25) is 4.98 Å². The lowest BCUT2D eigenvalue weighted by molar-refractivity contribution is 0.398. The molecule has 0 amide bonds. The van der Waals surface area contributed by atoms with E-state index in [0.29, 0.717) is 17.4 Å².